The number of aromatic nitrogens is 2. The molecule has 0 aromatic carbocycles. The number of carbonyl (C=O) groups is 1. The maximum Gasteiger partial charge on any atom is 0.238 e. The van der Waals surface area contributed by atoms with Gasteiger partial charge in [-0.1, -0.05) is 0 Å². The molecule has 0 aliphatic carbocycles. The normalized spacial score (nSPS) is 23.8. The van der Waals surface area contributed by atoms with Crippen LogP contribution in [-0.2, 0) is 9.53 Å². The lowest BCUT2D eigenvalue weighted by atomic mass is 10.2. The number of hydrogen-bond acceptors (Lipinski definition) is 5. The van der Waals surface area contributed by atoms with Gasteiger partial charge in [-0.05, 0) is 20.8 Å². The van der Waals surface area contributed by atoms with Crippen LogP contribution < -0.4 is 5.32 Å². The Labute approximate surface area is 118 Å². The first-order chi connectivity index (χ1) is 9.49. The minimum atomic E-state index is -0.219. The quantitative estimate of drug-likeness (QED) is 0.726. The second-order valence-corrected chi connectivity index (χ2v) is 5.30. The van der Waals surface area contributed by atoms with Crippen molar-refractivity contribution < 1.29 is 14.6 Å². The van der Waals surface area contributed by atoms with Gasteiger partial charge in [0.25, 0.3) is 0 Å². The van der Waals surface area contributed by atoms with Crippen LogP contribution in [0.2, 0.25) is 0 Å². The average molecular weight is 282 g/mol. The van der Waals surface area contributed by atoms with Gasteiger partial charge in [-0.2, -0.15) is 5.10 Å². The number of aliphatic hydroxyl groups excluding tert-OH is 1. The fraction of sp³-hybridized carbons (Fsp3) is 0.692. The van der Waals surface area contributed by atoms with E-state index in [0.717, 1.165) is 17.1 Å². The Morgan fingerprint density at radius 2 is 2.30 bits per heavy atom. The predicted octanol–water partition coefficient (Wildman–Crippen LogP) is 0.0466. The Morgan fingerprint density at radius 3 is 2.90 bits per heavy atom. The molecule has 20 heavy (non-hydrogen) atoms. The summed E-state index contributed by atoms with van der Waals surface area (Å²) >= 11 is 0. The van der Waals surface area contributed by atoms with Gasteiger partial charge in [-0.3, -0.25) is 14.8 Å². The van der Waals surface area contributed by atoms with E-state index >= 15 is 0 Å². The molecule has 1 fully saturated rings. The molecule has 1 saturated heterocycles. The minimum Gasteiger partial charge on any atom is -0.394 e. The molecular weight excluding hydrogens is 260 g/mol. The Morgan fingerprint density at radius 1 is 1.55 bits per heavy atom. The molecule has 2 heterocycles. The third-order valence-corrected chi connectivity index (χ3v) is 3.37. The number of H-pyrrole nitrogens is 1. The zero-order valence-corrected chi connectivity index (χ0v) is 12.1. The van der Waals surface area contributed by atoms with Crippen molar-refractivity contribution in [3.63, 3.8) is 0 Å². The highest BCUT2D eigenvalue weighted by atomic mass is 16.5. The number of aromatic amines is 1. The Bertz CT molecular complexity index is 455. The van der Waals surface area contributed by atoms with Gasteiger partial charge < -0.3 is 15.2 Å². The Hall–Kier alpha value is -1.44. The van der Waals surface area contributed by atoms with Gasteiger partial charge in [-0.15, -0.1) is 0 Å². The summed E-state index contributed by atoms with van der Waals surface area (Å²) in [6.45, 7) is 7.17. The summed E-state index contributed by atoms with van der Waals surface area (Å²) in [4.78, 5) is 14.1. The summed E-state index contributed by atoms with van der Waals surface area (Å²) in [5, 5.41) is 18.9. The number of anilines is 1. The molecule has 0 radical (unpaired) electrons. The first-order valence-electron chi connectivity index (χ1n) is 6.79. The van der Waals surface area contributed by atoms with Crippen LogP contribution in [0.5, 0.6) is 0 Å². The second kappa shape index (κ2) is 6.34. The third kappa shape index (κ3) is 3.56. The lowest BCUT2D eigenvalue weighted by Gasteiger charge is -2.35. The molecule has 1 aromatic heterocycles. The van der Waals surface area contributed by atoms with Crippen molar-refractivity contribution in [3.05, 3.63) is 11.4 Å². The van der Waals surface area contributed by atoms with Gasteiger partial charge in [0.05, 0.1) is 42.4 Å². The lowest BCUT2D eigenvalue weighted by Crippen LogP contribution is -2.50. The van der Waals surface area contributed by atoms with Crippen LogP contribution in [0.3, 0.4) is 0 Å². The molecule has 3 N–H and O–H groups in total. The van der Waals surface area contributed by atoms with E-state index in [1.165, 1.54) is 0 Å². The molecule has 7 nitrogen and oxygen atoms in total. The van der Waals surface area contributed by atoms with E-state index in [0.29, 0.717) is 13.1 Å². The van der Waals surface area contributed by atoms with Crippen LogP contribution in [-0.4, -0.2) is 64.6 Å². The summed E-state index contributed by atoms with van der Waals surface area (Å²) in [5.41, 5.74) is 2.37. The number of nitrogens with zero attached hydrogens (tertiary/aromatic N) is 2. The van der Waals surface area contributed by atoms with Gasteiger partial charge in [0.15, 0.2) is 0 Å². The van der Waals surface area contributed by atoms with Crippen molar-refractivity contribution in [2.45, 2.75) is 33.0 Å². The fourth-order valence-electron chi connectivity index (χ4n) is 2.49. The number of hydrogen-bond donors (Lipinski definition) is 3. The van der Waals surface area contributed by atoms with Crippen LogP contribution in [0.25, 0.3) is 0 Å². The smallest absolute Gasteiger partial charge is 0.238 e. The molecule has 1 amide bonds. The number of morpholine rings is 1. The number of carbonyl (C=O) groups excluding carboxylic acids is 1. The van der Waals surface area contributed by atoms with Crippen LogP contribution in [0.4, 0.5) is 5.69 Å². The summed E-state index contributed by atoms with van der Waals surface area (Å²) in [5.74, 6) is -0.0802. The van der Waals surface area contributed by atoms with Gasteiger partial charge >= 0.3 is 0 Å². The largest absolute Gasteiger partial charge is 0.394 e. The van der Waals surface area contributed by atoms with E-state index < -0.39 is 0 Å². The first kappa shape index (κ1) is 15.0. The first-order valence-corrected chi connectivity index (χ1v) is 6.79. The molecule has 1 aliphatic rings. The van der Waals surface area contributed by atoms with E-state index in [1.807, 2.05) is 25.7 Å². The molecule has 0 bridgehead atoms. The van der Waals surface area contributed by atoms with E-state index in [4.69, 9.17) is 4.74 Å². The summed E-state index contributed by atoms with van der Waals surface area (Å²) in [6.07, 6.45) is -0.199. The molecule has 2 rings (SSSR count). The minimum absolute atomic E-state index is 0.0195. The van der Waals surface area contributed by atoms with Gasteiger partial charge in [0.2, 0.25) is 5.91 Å². The van der Waals surface area contributed by atoms with Crippen molar-refractivity contribution in [1.82, 2.24) is 15.1 Å². The molecule has 1 aliphatic heterocycles. The van der Waals surface area contributed by atoms with E-state index in [1.54, 1.807) is 0 Å². The SMILES string of the molecule is Cc1n[nH]c(C)c1NC(=O)CN1CC(C)OC(CO)C1. The molecule has 2 atom stereocenters. The van der Waals surface area contributed by atoms with Crippen molar-refractivity contribution in [2.24, 2.45) is 0 Å². The molecule has 0 saturated carbocycles. The number of aliphatic hydroxyl groups is 1. The van der Waals surface area contributed by atoms with Gasteiger partial charge in [0.1, 0.15) is 0 Å². The van der Waals surface area contributed by atoms with Crippen LogP contribution >= 0.6 is 0 Å². The summed E-state index contributed by atoms with van der Waals surface area (Å²) in [7, 11) is 0. The topological polar surface area (TPSA) is 90.5 Å². The standard InChI is InChI=1S/C13H22N4O3/c1-8-4-17(5-11(7-18)20-8)6-12(19)14-13-9(2)15-16-10(13)3/h8,11,18H,4-7H2,1-3H3,(H,14,19)(H,15,16). The highest BCUT2D eigenvalue weighted by molar-refractivity contribution is 5.93. The zero-order valence-electron chi connectivity index (χ0n) is 12.1. The van der Waals surface area contributed by atoms with Crippen LogP contribution in [0.1, 0.15) is 18.3 Å². The van der Waals surface area contributed by atoms with Crippen LogP contribution in [0, 0.1) is 13.8 Å². The maximum atomic E-state index is 12.1. The highest BCUT2D eigenvalue weighted by Crippen LogP contribution is 2.16. The number of amides is 1. The molecule has 7 heteroatoms. The third-order valence-electron chi connectivity index (χ3n) is 3.37. The average Bonchev–Trinajstić information content (AvgIpc) is 2.69. The van der Waals surface area contributed by atoms with Crippen molar-refractivity contribution in [1.29, 1.82) is 0 Å². The molecule has 1 aromatic rings. The van der Waals surface area contributed by atoms with Crippen LogP contribution in [0.15, 0.2) is 0 Å². The Kier molecular flexibility index (Phi) is 4.74. The lowest BCUT2D eigenvalue weighted by molar-refractivity contribution is -0.124. The van der Waals surface area contributed by atoms with Crippen molar-refractivity contribution >= 4 is 11.6 Å². The highest BCUT2D eigenvalue weighted by Gasteiger charge is 2.26. The van der Waals surface area contributed by atoms with E-state index in [-0.39, 0.29) is 31.3 Å². The molecular formula is C13H22N4O3. The Balaban J connectivity index is 1.91. The van der Waals surface area contributed by atoms with E-state index in [2.05, 4.69) is 15.5 Å². The summed E-state index contributed by atoms with van der Waals surface area (Å²) in [6, 6.07) is 0. The van der Waals surface area contributed by atoms with Gasteiger partial charge in [0, 0.05) is 13.1 Å². The van der Waals surface area contributed by atoms with Crippen molar-refractivity contribution in [3.8, 4) is 0 Å². The second-order valence-electron chi connectivity index (χ2n) is 5.30. The fourth-order valence-corrected chi connectivity index (χ4v) is 2.49. The number of ether oxygens (including phenoxy) is 1. The number of aryl methyl sites for hydroxylation is 2. The summed E-state index contributed by atoms with van der Waals surface area (Å²) < 4.78 is 5.55. The predicted molar refractivity (Wildman–Crippen MR) is 74.6 cm³/mol. The zero-order chi connectivity index (χ0) is 14.7. The van der Waals surface area contributed by atoms with E-state index in [9.17, 15) is 9.90 Å². The number of nitrogens with one attached hydrogen (secondary N) is 2. The molecule has 112 valence electrons. The van der Waals surface area contributed by atoms with Gasteiger partial charge in [-0.25, -0.2) is 0 Å². The number of rotatable bonds is 4. The molecule has 2 unspecified atom stereocenters. The maximum absolute atomic E-state index is 12.1. The van der Waals surface area contributed by atoms with Crippen molar-refractivity contribution in [2.75, 3.05) is 31.6 Å². The molecule has 0 spiro atoms. The monoisotopic (exact) mass is 282 g/mol.